The normalized spacial score (nSPS) is 22.2. The highest BCUT2D eigenvalue weighted by Crippen LogP contribution is 2.26. The first-order valence-corrected chi connectivity index (χ1v) is 8.29. The van der Waals surface area contributed by atoms with Gasteiger partial charge in [-0.3, -0.25) is 0 Å². The van der Waals surface area contributed by atoms with Crippen LogP contribution >= 0.6 is 0 Å². The van der Waals surface area contributed by atoms with Crippen LogP contribution in [0.4, 0.5) is 0 Å². The van der Waals surface area contributed by atoms with E-state index in [1.807, 2.05) is 12.1 Å². The molecule has 1 aliphatic heterocycles. The first-order chi connectivity index (χ1) is 10.3. The zero-order chi connectivity index (χ0) is 14.9. The van der Waals surface area contributed by atoms with E-state index in [1.54, 1.807) is 0 Å². The van der Waals surface area contributed by atoms with Crippen molar-refractivity contribution in [1.82, 2.24) is 0 Å². The predicted molar refractivity (Wildman–Crippen MR) is 84.8 cm³/mol. The van der Waals surface area contributed by atoms with Crippen molar-refractivity contribution in [3.63, 3.8) is 0 Å². The van der Waals surface area contributed by atoms with Crippen molar-refractivity contribution in [2.75, 3.05) is 19.8 Å². The molecule has 1 aliphatic rings. The van der Waals surface area contributed by atoms with Gasteiger partial charge in [-0.25, -0.2) is 0 Å². The van der Waals surface area contributed by atoms with Crippen LogP contribution in [0.5, 0.6) is 5.75 Å². The minimum absolute atomic E-state index is 0.0626. The molecule has 3 nitrogen and oxygen atoms in total. The van der Waals surface area contributed by atoms with Gasteiger partial charge in [-0.2, -0.15) is 0 Å². The number of hydrogen-bond donors (Lipinski definition) is 0. The fourth-order valence-corrected chi connectivity index (χ4v) is 2.52. The Morgan fingerprint density at radius 3 is 2.43 bits per heavy atom. The lowest BCUT2D eigenvalue weighted by Crippen LogP contribution is -2.31. The van der Waals surface area contributed by atoms with Gasteiger partial charge in [0, 0.05) is 0 Å². The molecular formula is C18H28O3. The van der Waals surface area contributed by atoms with E-state index in [0.29, 0.717) is 13.2 Å². The van der Waals surface area contributed by atoms with Crippen molar-refractivity contribution in [2.45, 2.75) is 58.2 Å². The second-order valence-electron chi connectivity index (χ2n) is 5.69. The summed E-state index contributed by atoms with van der Waals surface area (Å²) in [6.07, 6.45) is 6.25. The summed E-state index contributed by atoms with van der Waals surface area (Å²) < 4.78 is 17.5. The van der Waals surface area contributed by atoms with E-state index in [0.717, 1.165) is 25.2 Å². The van der Waals surface area contributed by atoms with Crippen molar-refractivity contribution >= 4 is 0 Å². The topological polar surface area (TPSA) is 27.7 Å². The fourth-order valence-electron chi connectivity index (χ4n) is 2.52. The summed E-state index contributed by atoms with van der Waals surface area (Å²) >= 11 is 0. The van der Waals surface area contributed by atoms with Gasteiger partial charge in [0.15, 0.2) is 0 Å². The average molecular weight is 292 g/mol. The smallest absolute Gasteiger partial charge is 0.119 e. The highest BCUT2D eigenvalue weighted by Gasteiger charge is 2.23. The lowest BCUT2D eigenvalue weighted by atomic mass is 10.1. The molecule has 0 aromatic heterocycles. The van der Waals surface area contributed by atoms with Gasteiger partial charge < -0.3 is 14.2 Å². The summed E-state index contributed by atoms with van der Waals surface area (Å²) in [5, 5.41) is 0. The summed E-state index contributed by atoms with van der Waals surface area (Å²) in [6.45, 7) is 6.47. The summed E-state index contributed by atoms with van der Waals surface area (Å²) in [6, 6.07) is 8.19. The molecule has 0 radical (unpaired) electrons. The maximum atomic E-state index is 5.96. The molecule has 2 atom stereocenters. The lowest BCUT2D eigenvalue weighted by molar-refractivity contribution is -0.137. The molecule has 0 bridgehead atoms. The Labute approximate surface area is 128 Å². The first kappa shape index (κ1) is 16.3. The summed E-state index contributed by atoms with van der Waals surface area (Å²) in [7, 11) is 0. The van der Waals surface area contributed by atoms with Crippen molar-refractivity contribution in [1.29, 1.82) is 0 Å². The third kappa shape index (κ3) is 5.33. The molecular weight excluding hydrogens is 264 g/mol. The van der Waals surface area contributed by atoms with Crippen LogP contribution in [0.25, 0.3) is 0 Å². The predicted octanol–water partition coefficient (Wildman–Crippen LogP) is 4.51. The van der Waals surface area contributed by atoms with E-state index in [2.05, 4.69) is 26.0 Å². The maximum absolute atomic E-state index is 5.96. The number of ether oxygens (including phenoxy) is 3. The molecule has 1 saturated heterocycles. The molecule has 0 aliphatic carbocycles. The molecule has 0 N–H and O–H groups in total. The monoisotopic (exact) mass is 292 g/mol. The van der Waals surface area contributed by atoms with Gasteiger partial charge in [0.25, 0.3) is 0 Å². The van der Waals surface area contributed by atoms with E-state index in [4.69, 9.17) is 14.2 Å². The van der Waals surface area contributed by atoms with Gasteiger partial charge in [0.1, 0.15) is 11.9 Å². The van der Waals surface area contributed by atoms with Crippen LogP contribution in [-0.4, -0.2) is 25.9 Å². The number of unbranched alkanes of at least 4 members (excludes halogenated alkanes) is 2. The molecule has 21 heavy (non-hydrogen) atoms. The second kappa shape index (κ2) is 9.06. The Morgan fingerprint density at radius 1 is 1.00 bits per heavy atom. The molecule has 1 heterocycles. The van der Waals surface area contributed by atoms with Crippen molar-refractivity contribution in [2.24, 2.45) is 0 Å². The van der Waals surface area contributed by atoms with Gasteiger partial charge in [0.2, 0.25) is 0 Å². The van der Waals surface area contributed by atoms with Crippen molar-refractivity contribution in [3.05, 3.63) is 29.8 Å². The van der Waals surface area contributed by atoms with E-state index < -0.39 is 0 Å². The maximum Gasteiger partial charge on any atom is 0.119 e. The van der Waals surface area contributed by atoms with Gasteiger partial charge in [-0.1, -0.05) is 45.2 Å². The first-order valence-electron chi connectivity index (χ1n) is 8.29. The number of benzene rings is 1. The minimum atomic E-state index is 0.0626. The molecule has 0 saturated carbocycles. The van der Waals surface area contributed by atoms with Gasteiger partial charge in [0.05, 0.1) is 25.9 Å². The van der Waals surface area contributed by atoms with Gasteiger partial charge >= 0.3 is 0 Å². The summed E-state index contributed by atoms with van der Waals surface area (Å²) in [5.74, 6) is 0.926. The molecule has 1 fully saturated rings. The van der Waals surface area contributed by atoms with Crippen LogP contribution in [0, 0.1) is 0 Å². The zero-order valence-electron chi connectivity index (χ0n) is 13.3. The van der Waals surface area contributed by atoms with Crippen LogP contribution in [-0.2, 0) is 9.47 Å². The van der Waals surface area contributed by atoms with Crippen LogP contribution in [0.15, 0.2) is 24.3 Å². The molecule has 2 rings (SSSR count). The highest BCUT2D eigenvalue weighted by molar-refractivity contribution is 5.28. The second-order valence-corrected chi connectivity index (χ2v) is 5.69. The Kier molecular flexibility index (Phi) is 7.04. The van der Waals surface area contributed by atoms with Crippen LogP contribution in [0.3, 0.4) is 0 Å². The lowest BCUT2D eigenvalue weighted by Gasteiger charge is -2.30. The Hall–Kier alpha value is -1.06. The largest absolute Gasteiger partial charge is 0.494 e. The molecule has 1 aromatic rings. The Balaban J connectivity index is 1.76. The number of hydrogen-bond acceptors (Lipinski definition) is 3. The van der Waals surface area contributed by atoms with E-state index >= 15 is 0 Å². The SMILES string of the molecule is CCCCCC1COC(c2ccc(OCCC)cc2)CO1. The zero-order valence-corrected chi connectivity index (χ0v) is 13.3. The summed E-state index contributed by atoms with van der Waals surface area (Å²) in [5.41, 5.74) is 1.17. The molecule has 118 valence electrons. The van der Waals surface area contributed by atoms with Gasteiger partial charge in [-0.15, -0.1) is 0 Å². The molecule has 0 spiro atoms. The number of rotatable bonds is 8. The quantitative estimate of drug-likeness (QED) is 0.660. The fraction of sp³-hybridized carbons (Fsp3) is 0.667. The summed E-state index contributed by atoms with van der Waals surface area (Å²) in [4.78, 5) is 0. The third-order valence-electron chi connectivity index (χ3n) is 3.82. The van der Waals surface area contributed by atoms with E-state index in [9.17, 15) is 0 Å². The van der Waals surface area contributed by atoms with Crippen LogP contribution in [0.2, 0.25) is 0 Å². The van der Waals surface area contributed by atoms with Crippen molar-refractivity contribution < 1.29 is 14.2 Å². The molecule has 2 unspecified atom stereocenters. The molecule has 1 aromatic carbocycles. The minimum Gasteiger partial charge on any atom is -0.494 e. The third-order valence-corrected chi connectivity index (χ3v) is 3.82. The highest BCUT2D eigenvalue weighted by atomic mass is 16.6. The van der Waals surface area contributed by atoms with Crippen LogP contribution < -0.4 is 4.74 Å². The average Bonchev–Trinajstić information content (AvgIpc) is 2.54. The van der Waals surface area contributed by atoms with Crippen LogP contribution in [0.1, 0.15) is 57.6 Å². The van der Waals surface area contributed by atoms with E-state index in [1.165, 1.54) is 24.8 Å². The van der Waals surface area contributed by atoms with Gasteiger partial charge in [-0.05, 0) is 30.5 Å². The molecule has 3 heteroatoms. The Morgan fingerprint density at radius 2 is 1.81 bits per heavy atom. The Bertz CT molecular complexity index is 380. The standard InChI is InChI=1S/C18H28O3/c1-3-5-6-7-17-13-21-18(14-20-17)15-8-10-16(11-9-15)19-12-4-2/h8-11,17-18H,3-7,12-14H2,1-2H3. The van der Waals surface area contributed by atoms with Crippen molar-refractivity contribution in [3.8, 4) is 5.75 Å². The molecule has 0 amide bonds. The van der Waals surface area contributed by atoms with E-state index in [-0.39, 0.29) is 12.2 Å².